The van der Waals surface area contributed by atoms with Crippen molar-refractivity contribution < 1.29 is 80.7 Å². The second kappa shape index (κ2) is 12.1. The number of hydrogen-bond donors (Lipinski definition) is 1. The van der Waals surface area contributed by atoms with Gasteiger partial charge in [-0.15, -0.1) is 0 Å². The molecule has 1 rings (SSSR count). The van der Waals surface area contributed by atoms with Crippen molar-refractivity contribution in [2.75, 3.05) is 6.61 Å². The van der Waals surface area contributed by atoms with E-state index in [0.29, 0.717) is 0 Å². The first kappa shape index (κ1) is 34.1. The summed E-state index contributed by atoms with van der Waals surface area (Å²) in [6.45, 7) is -0.251. The summed E-state index contributed by atoms with van der Waals surface area (Å²) in [5.41, 5.74) is -2.43. The first-order chi connectivity index (χ1) is 17.5. The number of benzene rings is 1. The Morgan fingerprint density at radius 3 is 1.90 bits per heavy atom. The molecule has 0 aliphatic rings. The Morgan fingerprint density at radius 1 is 0.897 bits per heavy atom. The summed E-state index contributed by atoms with van der Waals surface area (Å²) in [7, 11) is -6.60. The zero-order chi connectivity index (χ0) is 30.5. The van der Waals surface area contributed by atoms with Gasteiger partial charge in [-0.05, 0) is 18.4 Å². The Labute approximate surface area is 213 Å². The van der Waals surface area contributed by atoms with Crippen molar-refractivity contribution in [3.8, 4) is 0 Å². The van der Waals surface area contributed by atoms with Gasteiger partial charge in [0.2, 0.25) is 0 Å². The van der Waals surface area contributed by atoms with Crippen LogP contribution in [0.3, 0.4) is 0 Å². The molecule has 19 heteroatoms. The molecule has 0 spiro atoms. The number of unbranched alkanes of at least 4 members (excludes halogenated alkanes) is 1. The highest BCUT2D eigenvalue weighted by Crippen LogP contribution is 2.42. The molecule has 0 amide bonds. The van der Waals surface area contributed by atoms with Crippen LogP contribution in [0, 0.1) is 0 Å². The summed E-state index contributed by atoms with van der Waals surface area (Å²) in [4.78, 5) is 24.2. The predicted molar refractivity (Wildman–Crippen MR) is 108 cm³/mol. The SMILES string of the molecule is C=C(C(=O)OC(OCCCCC(F)(F)C(F)(F)S(=O)(=O)O)(C(=O)OCc1ccccc1)C(F)(F)F)C(F)(F)F. The molecule has 0 fully saturated rings. The highest BCUT2D eigenvalue weighted by Gasteiger charge is 2.68. The van der Waals surface area contributed by atoms with Crippen molar-refractivity contribution in [3.05, 3.63) is 48.0 Å². The third-order valence-electron chi connectivity index (χ3n) is 4.62. The number of alkyl halides is 10. The third-order valence-corrected chi connectivity index (χ3v) is 5.57. The molecular weight excluding hydrogens is 590 g/mol. The first-order valence-electron chi connectivity index (χ1n) is 10.1. The maximum absolute atomic E-state index is 13.9. The van der Waals surface area contributed by atoms with Crippen LogP contribution in [0.15, 0.2) is 42.5 Å². The molecular formula is C20H18F10O8S. The predicted octanol–water partition coefficient (Wildman–Crippen LogP) is 4.95. The molecule has 1 N–H and O–H groups in total. The summed E-state index contributed by atoms with van der Waals surface area (Å²) < 4.78 is 175. The molecule has 1 aromatic carbocycles. The average molecular weight is 608 g/mol. The normalized spacial score (nSPS) is 14.8. The zero-order valence-corrected chi connectivity index (χ0v) is 19.9. The molecule has 1 unspecified atom stereocenters. The maximum Gasteiger partial charge on any atom is 0.468 e. The second-order valence-electron chi connectivity index (χ2n) is 7.54. The lowest BCUT2D eigenvalue weighted by molar-refractivity contribution is -0.355. The number of rotatable bonds is 13. The lowest BCUT2D eigenvalue weighted by Gasteiger charge is -2.32. The fourth-order valence-electron chi connectivity index (χ4n) is 2.51. The van der Waals surface area contributed by atoms with Crippen LogP contribution in [-0.4, -0.2) is 60.8 Å². The highest BCUT2D eigenvalue weighted by molar-refractivity contribution is 7.87. The molecule has 0 saturated heterocycles. The van der Waals surface area contributed by atoms with E-state index in [2.05, 4.69) is 20.8 Å². The van der Waals surface area contributed by atoms with Crippen LogP contribution in [0.1, 0.15) is 24.8 Å². The standard InChI is InChI=1S/C20H18F10O8S/c1-12(18(23,24)25)14(31)38-17(19(26,27)28,15(32)36-11-13-7-3-2-4-8-13)37-10-6-5-9-16(21,22)20(29,30)39(33,34)35/h2-4,7-8H,1,5-6,9-11H2,(H,33,34,35). The fourth-order valence-corrected chi connectivity index (χ4v) is 2.99. The van der Waals surface area contributed by atoms with E-state index in [1.165, 1.54) is 30.3 Å². The van der Waals surface area contributed by atoms with Crippen LogP contribution < -0.4 is 0 Å². The van der Waals surface area contributed by atoms with Gasteiger partial charge in [0.1, 0.15) is 12.2 Å². The molecule has 0 aromatic heterocycles. The Kier molecular flexibility index (Phi) is 10.6. The summed E-state index contributed by atoms with van der Waals surface area (Å²) in [5, 5.41) is -5.98. The van der Waals surface area contributed by atoms with E-state index in [4.69, 9.17) is 4.55 Å². The van der Waals surface area contributed by atoms with Crippen LogP contribution in [0.5, 0.6) is 0 Å². The van der Waals surface area contributed by atoms with Crippen molar-refractivity contribution in [1.82, 2.24) is 0 Å². The van der Waals surface area contributed by atoms with Gasteiger partial charge in [0.05, 0.1) is 6.61 Å². The van der Waals surface area contributed by atoms with Gasteiger partial charge in [0.15, 0.2) is 0 Å². The van der Waals surface area contributed by atoms with E-state index < -0.39 is 89.4 Å². The van der Waals surface area contributed by atoms with E-state index in [-0.39, 0.29) is 5.56 Å². The van der Waals surface area contributed by atoms with E-state index in [1.54, 1.807) is 0 Å². The quantitative estimate of drug-likeness (QED) is 0.0836. The average Bonchev–Trinajstić information content (AvgIpc) is 2.79. The van der Waals surface area contributed by atoms with E-state index >= 15 is 0 Å². The molecule has 0 bridgehead atoms. The molecule has 0 heterocycles. The van der Waals surface area contributed by atoms with E-state index in [0.717, 1.165) is 0 Å². The van der Waals surface area contributed by atoms with Gasteiger partial charge in [-0.25, -0.2) is 9.59 Å². The van der Waals surface area contributed by atoms with Crippen molar-refractivity contribution in [3.63, 3.8) is 0 Å². The highest BCUT2D eigenvalue weighted by atomic mass is 32.2. The van der Waals surface area contributed by atoms with E-state index in [1.807, 2.05) is 0 Å². The van der Waals surface area contributed by atoms with Crippen LogP contribution in [0.25, 0.3) is 0 Å². The van der Waals surface area contributed by atoms with Crippen LogP contribution in [-0.2, 0) is 40.5 Å². The Hall–Kier alpha value is -2.93. The summed E-state index contributed by atoms with van der Waals surface area (Å²) >= 11 is 0. The lowest BCUT2D eigenvalue weighted by atomic mass is 10.1. The Bertz CT molecular complexity index is 1130. The maximum atomic E-state index is 13.9. The minimum atomic E-state index is -6.60. The number of esters is 2. The molecule has 1 atom stereocenters. The van der Waals surface area contributed by atoms with Gasteiger partial charge < -0.3 is 14.2 Å². The summed E-state index contributed by atoms with van der Waals surface area (Å²) in [6.07, 6.45) is -16.2. The van der Waals surface area contributed by atoms with Gasteiger partial charge >= 0.3 is 51.4 Å². The van der Waals surface area contributed by atoms with Gasteiger partial charge in [-0.1, -0.05) is 36.9 Å². The minimum Gasteiger partial charge on any atom is -0.456 e. The molecule has 8 nitrogen and oxygen atoms in total. The molecule has 0 saturated carbocycles. The van der Waals surface area contributed by atoms with Crippen LogP contribution in [0.2, 0.25) is 0 Å². The molecule has 39 heavy (non-hydrogen) atoms. The van der Waals surface area contributed by atoms with Crippen LogP contribution in [0.4, 0.5) is 43.9 Å². The molecule has 222 valence electrons. The van der Waals surface area contributed by atoms with Gasteiger partial charge in [0.25, 0.3) is 0 Å². The smallest absolute Gasteiger partial charge is 0.456 e. The first-order valence-corrected chi connectivity index (χ1v) is 11.6. The monoisotopic (exact) mass is 608 g/mol. The van der Waals surface area contributed by atoms with Gasteiger partial charge in [0, 0.05) is 6.42 Å². The van der Waals surface area contributed by atoms with Crippen molar-refractivity contribution >= 4 is 22.1 Å². The fraction of sp³-hybridized carbons (Fsp3) is 0.500. The number of ether oxygens (including phenoxy) is 3. The second-order valence-corrected chi connectivity index (χ2v) is 9.01. The van der Waals surface area contributed by atoms with Crippen molar-refractivity contribution in [2.45, 2.75) is 55.2 Å². The van der Waals surface area contributed by atoms with Gasteiger partial charge in [-0.3, -0.25) is 4.55 Å². The van der Waals surface area contributed by atoms with Gasteiger partial charge in [-0.2, -0.15) is 52.3 Å². The number of halogens is 10. The zero-order valence-electron chi connectivity index (χ0n) is 19.1. The third kappa shape index (κ3) is 8.28. The van der Waals surface area contributed by atoms with Crippen LogP contribution >= 0.6 is 0 Å². The minimum absolute atomic E-state index is 0.0648. The summed E-state index contributed by atoms with van der Waals surface area (Å²) in [6, 6.07) is 6.71. The van der Waals surface area contributed by atoms with E-state index in [9.17, 15) is 61.9 Å². The largest absolute Gasteiger partial charge is 0.468 e. The molecule has 1 aromatic rings. The van der Waals surface area contributed by atoms with Crippen molar-refractivity contribution in [2.24, 2.45) is 0 Å². The lowest BCUT2D eigenvalue weighted by Crippen LogP contribution is -2.58. The topological polar surface area (TPSA) is 116 Å². The Balaban J connectivity index is 3.18. The number of carbonyl (C=O) groups is 2. The number of hydrogen-bond acceptors (Lipinski definition) is 7. The van der Waals surface area contributed by atoms with Crippen molar-refractivity contribution in [1.29, 1.82) is 0 Å². The summed E-state index contributed by atoms with van der Waals surface area (Å²) in [5.74, 6) is -15.7. The molecule has 0 aliphatic heterocycles. The number of carbonyl (C=O) groups excluding carboxylic acids is 2. The Morgan fingerprint density at radius 2 is 1.44 bits per heavy atom. The molecule has 0 aliphatic carbocycles. The molecule has 0 radical (unpaired) electrons.